The molecule has 0 saturated carbocycles. The highest BCUT2D eigenvalue weighted by Gasteiger charge is 2.28. The molecule has 1 N–H and O–H groups in total. The molecule has 3 rings (SSSR count). The van der Waals surface area contributed by atoms with E-state index in [2.05, 4.69) is 10.3 Å². The molecular formula is C17H19FN2O3S2. The third kappa shape index (κ3) is 4.64. The molecule has 8 heteroatoms. The number of amides is 1. The molecule has 0 spiro atoms. The van der Waals surface area contributed by atoms with Crippen LogP contribution < -0.4 is 5.32 Å². The van der Waals surface area contributed by atoms with Crippen molar-refractivity contribution in [1.29, 1.82) is 0 Å². The Morgan fingerprint density at radius 2 is 2.08 bits per heavy atom. The summed E-state index contributed by atoms with van der Waals surface area (Å²) in [6.45, 7) is 2.14. The van der Waals surface area contributed by atoms with Crippen molar-refractivity contribution in [1.82, 2.24) is 10.3 Å². The molecule has 1 atom stereocenters. The number of nitrogens with one attached hydrogen (secondary N) is 1. The number of halogens is 1. The van der Waals surface area contributed by atoms with Gasteiger partial charge in [0.15, 0.2) is 9.84 Å². The SMILES string of the molecule is Cc1nc(Cc2ccc(F)cc2)sc1C(=O)NC[C@H]1CCS(=O)(=O)C1. The molecule has 1 fully saturated rings. The van der Waals surface area contributed by atoms with E-state index in [1.54, 1.807) is 19.1 Å². The first kappa shape index (κ1) is 18.0. The first-order chi connectivity index (χ1) is 11.8. The van der Waals surface area contributed by atoms with Gasteiger partial charge in [0.1, 0.15) is 10.7 Å². The monoisotopic (exact) mass is 382 g/mol. The number of hydrogen-bond acceptors (Lipinski definition) is 5. The molecule has 1 saturated heterocycles. The number of sulfone groups is 1. The predicted molar refractivity (Wildman–Crippen MR) is 95.2 cm³/mol. The lowest BCUT2D eigenvalue weighted by atomic mass is 10.1. The Hall–Kier alpha value is -1.80. The second kappa shape index (κ2) is 7.21. The molecule has 2 aromatic rings. The average molecular weight is 382 g/mol. The first-order valence-electron chi connectivity index (χ1n) is 8.02. The molecule has 0 radical (unpaired) electrons. The smallest absolute Gasteiger partial charge is 0.263 e. The van der Waals surface area contributed by atoms with E-state index in [1.807, 2.05) is 0 Å². The minimum absolute atomic E-state index is 0.0131. The van der Waals surface area contributed by atoms with E-state index in [0.29, 0.717) is 30.0 Å². The fourth-order valence-corrected chi connectivity index (χ4v) is 5.74. The van der Waals surface area contributed by atoms with Crippen LogP contribution in [0.1, 0.15) is 32.4 Å². The van der Waals surface area contributed by atoms with Crippen LogP contribution in [0.2, 0.25) is 0 Å². The number of carbonyl (C=O) groups is 1. The van der Waals surface area contributed by atoms with Gasteiger partial charge in [-0.05, 0) is 37.0 Å². The zero-order chi connectivity index (χ0) is 18.0. The summed E-state index contributed by atoms with van der Waals surface area (Å²) in [5.41, 5.74) is 1.58. The van der Waals surface area contributed by atoms with Crippen molar-refractivity contribution in [2.75, 3.05) is 18.1 Å². The van der Waals surface area contributed by atoms with Crippen LogP contribution in [0.5, 0.6) is 0 Å². The van der Waals surface area contributed by atoms with Crippen LogP contribution >= 0.6 is 11.3 Å². The third-order valence-corrected chi connectivity index (χ3v) is 7.19. The van der Waals surface area contributed by atoms with Crippen LogP contribution in [0.25, 0.3) is 0 Å². The van der Waals surface area contributed by atoms with Crippen molar-refractivity contribution in [3.8, 4) is 0 Å². The number of nitrogens with zero attached hydrogens (tertiary/aromatic N) is 1. The second-order valence-corrected chi connectivity index (χ2v) is 9.62. The van der Waals surface area contributed by atoms with Gasteiger partial charge in [0.05, 0.1) is 22.2 Å². The number of carbonyl (C=O) groups excluding carboxylic acids is 1. The molecule has 1 aromatic carbocycles. The Balaban J connectivity index is 1.61. The molecule has 0 bridgehead atoms. The molecule has 2 heterocycles. The number of rotatable bonds is 5. The van der Waals surface area contributed by atoms with Crippen molar-refractivity contribution in [3.63, 3.8) is 0 Å². The van der Waals surface area contributed by atoms with E-state index < -0.39 is 9.84 Å². The lowest BCUT2D eigenvalue weighted by Crippen LogP contribution is -2.29. The summed E-state index contributed by atoms with van der Waals surface area (Å²) in [5, 5.41) is 3.61. The minimum Gasteiger partial charge on any atom is -0.351 e. The zero-order valence-corrected chi connectivity index (χ0v) is 15.4. The maximum absolute atomic E-state index is 13.0. The van der Waals surface area contributed by atoms with Gasteiger partial charge in [0.2, 0.25) is 0 Å². The van der Waals surface area contributed by atoms with E-state index in [-0.39, 0.29) is 29.1 Å². The van der Waals surface area contributed by atoms with Gasteiger partial charge < -0.3 is 5.32 Å². The fourth-order valence-electron chi connectivity index (χ4n) is 2.87. The minimum atomic E-state index is -2.94. The average Bonchev–Trinajstić information content (AvgIpc) is 3.09. The molecule has 25 heavy (non-hydrogen) atoms. The van der Waals surface area contributed by atoms with Gasteiger partial charge >= 0.3 is 0 Å². The largest absolute Gasteiger partial charge is 0.351 e. The molecule has 5 nitrogen and oxygen atoms in total. The van der Waals surface area contributed by atoms with Crippen LogP contribution in [-0.2, 0) is 16.3 Å². The van der Waals surface area contributed by atoms with Gasteiger partial charge in [-0.1, -0.05) is 12.1 Å². The van der Waals surface area contributed by atoms with Gasteiger partial charge in [-0.3, -0.25) is 4.79 Å². The number of thiazole rings is 1. The molecule has 1 aliphatic heterocycles. The summed E-state index contributed by atoms with van der Waals surface area (Å²) in [4.78, 5) is 17.3. The first-order valence-corrected chi connectivity index (χ1v) is 10.7. The highest BCUT2D eigenvalue weighted by molar-refractivity contribution is 7.91. The lowest BCUT2D eigenvalue weighted by molar-refractivity contribution is 0.0951. The molecule has 0 aliphatic carbocycles. The molecule has 0 unspecified atom stereocenters. The van der Waals surface area contributed by atoms with E-state index >= 15 is 0 Å². The normalized spacial score (nSPS) is 19.0. The highest BCUT2D eigenvalue weighted by atomic mass is 32.2. The van der Waals surface area contributed by atoms with Crippen LogP contribution in [0.15, 0.2) is 24.3 Å². The van der Waals surface area contributed by atoms with E-state index in [4.69, 9.17) is 0 Å². The summed E-state index contributed by atoms with van der Waals surface area (Å²) in [5.74, 6) is -0.168. The number of hydrogen-bond donors (Lipinski definition) is 1. The molecule has 134 valence electrons. The number of aryl methyl sites for hydroxylation is 1. The van der Waals surface area contributed by atoms with Crippen molar-refractivity contribution in [2.45, 2.75) is 19.8 Å². The van der Waals surface area contributed by atoms with Gasteiger partial charge in [-0.2, -0.15) is 0 Å². The Morgan fingerprint density at radius 1 is 1.36 bits per heavy atom. The Bertz CT molecular complexity index is 876. The zero-order valence-electron chi connectivity index (χ0n) is 13.8. The summed E-state index contributed by atoms with van der Waals surface area (Å²) in [6.07, 6.45) is 1.14. The van der Waals surface area contributed by atoms with Crippen LogP contribution in [0.3, 0.4) is 0 Å². The Labute approximate surface area is 150 Å². The van der Waals surface area contributed by atoms with E-state index in [0.717, 1.165) is 10.6 Å². The highest BCUT2D eigenvalue weighted by Crippen LogP contribution is 2.22. The standard InChI is InChI=1S/C17H19FN2O3S2/c1-11-16(17(21)19-9-13-6-7-25(22,23)10-13)24-15(20-11)8-12-2-4-14(18)5-3-12/h2-5,13H,6-10H2,1H3,(H,19,21)/t13-/m1/s1. The summed E-state index contributed by atoms with van der Waals surface area (Å²) < 4.78 is 35.9. The Morgan fingerprint density at radius 3 is 2.72 bits per heavy atom. The maximum Gasteiger partial charge on any atom is 0.263 e. The van der Waals surface area contributed by atoms with Gasteiger partial charge in [-0.15, -0.1) is 11.3 Å². The maximum atomic E-state index is 13.0. The van der Waals surface area contributed by atoms with Crippen LogP contribution in [0, 0.1) is 18.7 Å². The Kier molecular flexibility index (Phi) is 5.19. The van der Waals surface area contributed by atoms with Gasteiger partial charge in [0, 0.05) is 13.0 Å². The van der Waals surface area contributed by atoms with Gasteiger partial charge in [0.25, 0.3) is 5.91 Å². The quantitative estimate of drug-likeness (QED) is 0.861. The van der Waals surface area contributed by atoms with E-state index in [1.165, 1.54) is 23.5 Å². The van der Waals surface area contributed by atoms with Crippen molar-refractivity contribution >= 4 is 27.1 Å². The molecule has 1 aliphatic rings. The summed E-state index contributed by atoms with van der Waals surface area (Å²) >= 11 is 1.31. The van der Waals surface area contributed by atoms with Crippen molar-refractivity contribution in [3.05, 3.63) is 51.2 Å². The number of aromatic nitrogens is 1. The number of benzene rings is 1. The lowest BCUT2D eigenvalue weighted by Gasteiger charge is -2.08. The van der Waals surface area contributed by atoms with E-state index in [9.17, 15) is 17.6 Å². The predicted octanol–water partition coefficient (Wildman–Crippen LogP) is 2.35. The van der Waals surface area contributed by atoms with Crippen molar-refractivity contribution in [2.24, 2.45) is 5.92 Å². The molecular weight excluding hydrogens is 363 g/mol. The molecule has 1 amide bonds. The van der Waals surface area contributed by atoms with Crippen LogP contribution in [-0.4, -0.2) is 37.4 Å². The fraction of sp³-hybridized carbons (Fsp3) is 0.412. The van der Waals surface area contributed by atoms with Crippen molar-refractivity contribution < 1.29 is 17.6 Å². The summed E-state index contributed by atoms with van der Waals surface area (Å²) in [7, 11) is -2.94. The third-order valence-electron chi connectivity index (χ3n) is 4.19. The second-order valence-electron chi connectivity index (χ2n) is 6.30. The van der Waals surface area contributed by atoms with Gasteiger partial charge in [-0.25, -0.2) is 17.8 Å². The summed E-state index contributed by atoms with van der Waals surface area (Å²) in [6, 6.07) is 6.21. The molecule has 1 aromatic heterocycles. The topological polar surface area (TPSA) is 76.1 Å². The van der Waals surface area contributed by atoms with Crippen LogP contribution in [0.4, 0.5) is 4.39 Å².